The summed E-state index contributed by atoms with van der Waals surface area (Å²) in [7, 11) is 1.35. The summed E-state index contributed by atoms with van der Waals surface area (Å²) in [6.07, 6.45) is 5.72. The van der Waals surface area contributed by atoms with Gasteiger partial charge in [0.2, 0.25) is 5.78 Å². The van der Waals surface area contributed by atoms with Crippen LogP contribution in [0.25, 0.3) is 11.5 Å². The van der Waals surface area contributed by atoms with Gasteiger partial charge in [-0.25, -0.2) is 9.78 Å². The van der Waals surface area contributed by atoms with Crippen molar-refractivity contribution in [3.63, 3.8) is 0 Å². The third-order valence-corrected chi connectivity index (χ3v) is 4.16. The molecule has 2 heterocycles. The molecule has 0 unspecified atom stereocenters. The molecule has 0 aliphatic rings. The van der Waals surface area contributed by atoms with Gasteiger partial charge in [0.15, 0.2) is 5.76 Å². The van der Waals surface area contributed by atoms with Crippen LogP contribution in [0.1, 0.15) is 52.3 Å². The Bertz CT molecular complexity index is 1030. The van der Waals surface area contributed by atoms with Gasteiger partial charge in [-0.3, -0.25) is 9.78 Å². The summed E-state index contributed by atoms with van der Waals surface area (Å²) >= 11 is 0. The number of benzene rings is 1. The molecule has 2 aromatic heterocycles. The maximum Gasteiger partial charge on any atom is 0.337 e. The number of hydrogen-bond acceptors (Lipinski definition) is 6. The largest absolute Gasteiger partial charge is 0.465 e. The van der Waals surface area contributed by atoms with Gasteiger partial charge in [0.1, 0.15) is 5.69 Å². The van der Waals surface area contributed by atoms with E-state index in [4.69, 9.17) is 4.42 Å². The van der Waals surface area contributed by atoms with E-state index in [9.17, 15) is 9.59 Å². The molecule has 6 nitrogen and oxygen atoms in total. The van der Waals surface area contributed by atoms with Gasteiger partial charge in [-0.2, -0.15) is 0 Å². The summed E-state index contributed by atoms with van der Waals surface area (Å²) in [4.78, 5) is 31.8. The lowest BCUT2D eigenvalue weighted by atomic mass is 10.1. The first-order valence-electron chi connectivity index (χ1n) is 9.25. The van der Waals surface area contributed by atoms with Gasteiger partial charge in [0.05, 0.1) is 18.9 Å². The molecule has 0 spiro atoms. The van der Waals surface area contributed by atoms with E-state index in [0.717, 1.165) is 12.0 Å². The molecular formula is C23H20N2O4. The number of pyridine rings is 1. The molecule has 0 amide bonds. The normalized spacial score (nSPS) is 10.1. The Balaban J connectivity index is 1.42. The lowest BCUT2D eigenvalue weighted by Gasteiger charge is -1.98. The summed E-state index contributed by atoms with van der Waals surface area (Å²) in [5, 5.41) is 0. The van der Waals surface area contributed by atoms with Crippen LogP contribution in [0.4, 0.5) is 0 Å². The summed E-state index contributed by atoms with van der Waals surface area (Å²) < 4.78 is 10.2. The second kappa shape index (κ2) is 10.00. The highest BCUT2D eigenvalue weighted by Gasteiger charge is 2.14. The third-order valence-electron chi connectivity index (χ3n) is 4.16. The summed E-state index contributed by atoms with van der Waals surface area (Å²) in [5.41, 5.74) is 1.97. The molecule has 0 aliphatic carbocycles. The minimum Gasteiger partial charge on any atom is -0.465 e. The summed E-state index contributed by atoms with van der Waals surface area (Å²) in [6.45, 7) is 0. The van der Waals surface area contributed by atoms with Crippen molar-refractivity contribution in [3.8, 4) is 23.3 Å². The van der Waals surface area contributed by atoms with Gasteiger partial charge < -0.3 is 9.15 Å². The Labute approximate surface area is 168 Å². The lowest BCUT2D eigenvalue weighted by Crippen LogP contribution is -2.00. The van der Waals surface area contributed by atoms with Gasteiger partial charge in [0, 0.05) is 24.6 Å². The van der Waals surface area contributed by atoms with E-state index in [-0.39, 0.29) is 17.6 Å². The molecule has 6 heteroatoms. The fraction of sp³-hybridized carbons (Fsp3) is 0.217. The van der Waals surface area contributed by atoms with Crippen molar-refractivity contribution < 1.29 is 18.7 Å². The fourth-order valence-electron chi connectivity index (χ4n) is 2.61. The van der Waals surface area contributed by atoms with Crippen LogP contribution in [0.15, 0.2) is 59.3 Å². The van der Waals surface area contributed by atoms with Crippen LogP contribution in [0, 0.1) is 11.8 Å². The number of oxazole rings is 1. The molecule has 0 saturated heterocycles. The van der Waals surface area contributed by atoms with Gasteiger partial charge >= 0.3 is 5.97 Å². The number of hydrogen-bond donors (Lipinski definition) is 0. The van der Waals surface area contributed by atoms with E-state index < -0.39 is 0 Å². The number of ketones is 1. The van der Waals surface area contributed by atoms with Gasteiger partial charge in [0.25, 0.3) is 5.89 Å². The number of carbonyl (C=O) groups is 2. The first-order valence-corrected chi connectivity index (χ1v) is 9.25. The zero-order chi connectivity index (χ0) is 20.5. The molecular weight excluding hydrogens is 368 g/mol. The number of Topliss-reactive ketones (excluding diaryl/α,β-unsaturated/α-hetero) is 1. The van der Waals surface area contributed by atoms with Crippen molar-refractivity contribution in [1.82, 2.24) is 9.97 Å². The Morgan fingerprint density at radius 2 is 1.90 bits per heavy atom. The van der Waals surface area contributed by atoms with Crippen LogP contribution in [-0.2, 0) is 4.74 Å². The molecule has 0 atom stereocenters. The predicted octanol–water partition coefficient (Wildman–Crippen LogP) is 4.32. The number of aromatic nitrogens is 2. The van der Waals surface area contributed by atoms with Crippen molar-refractivity contribution in [1.29, 1.82) is 0 Å². The van der Waals surface area contributed by atoms with E-state index >= 15 is 0 Å². The molecule has 0 fully saturated rings. The smallest absolute Gasteiger partial charge is 0.337 e. The SMILES string of the molecule is COC(=O)c1ccc(C#CCCCCC(=O)c2ncc(-c3ccccn3)o2)cc1. The summed E-state index contributed by atoms with van der Waals surface area (Å²) in [6, 6.07) is 12.4. The van der Waals surface area contributed by atoms with Crippen LogP contribution < -0.4 is 0 Å². The molecule has 3 rings (SSSR count). The van der Waals surface area contributed by atoms with Gasteiger partial charge in [-0.1, -0.05) is 17.9 Å². The Hall–Kier alpha value is -3.72. The molecule has 146 valence electrons. The average Bonchev–Trinajstić information content (AvgIpc) is 3.27. The second-order valence-corrected chi connectivity index (χ2v) is 6.25. The molecule has 0 radical (unpaired) electrons. The number of ether oxygens (including phenoxy) is 1. The highest BCUT2D eigenvalue weighted by molar-refractivity contribution is 5.92. The highest BCUT2D eigenvalue weighted by Crippen LogP contribution is 2.18. The fourth-order valence-corrected chi connectivity index (χ4v) is 2.61. The van der Waals surface area contributed by atoms with Crippen LogP contribution in [0.3, 0.4) is 0 Å². The molecule has 0 saturated carbocycles. The average molecular weight is 388 g/mol. The van der Waals surface area contributed by atoms with Crippen molar-refractivity contribution >= 4 is 11.8 Å². The molecule has 1 aromatic carbocycles. The van der Waals surface area contributed by atoms with Crippen molar-refractivity contribution in [2.75, 3.05) is 7.11 Å². The molecule has 0 N–H and O–H groups in total. The zero-order valence-corrected chi connectivity index (χ0v) is 16.1. The van der Waals surface area contributed by atoms with E-state index in [1.54, 1.807) is 36.5 Å². The molecule has 0 aliphatic heterocycles. The quantitative estimate of drug-likeness (QED) is 0.259. The number of esters is 1. The van der Waals surface area contributed by atoms with Crippen molar-refractivity contribution in [2.24, 2.45) is 0 Å². The standard InChI is InChI=1S/C23H20N2O4/c1-28-23(27)18-13-11-17(12-14-18)8-4-2-3-5-10-20(26)22-25-16-21(29-22)19-9-6-7-15-24-19/h6-7,9,11-16H,2-3,5,10H2,1H3. The zero-order valence-electron chi connectivity index (χ0n) is 16.1. The van der Waals surface area contributed by atoms with Crippen molar-refractivity contribution in [2.45, 2.75) is 25.7 Å². The summed E-state index contributed by atoms with van der Waals surface area (Å²) in [5.74, 6) is 6.23. The lowest BCUT2D eigenvalue weighted by molar-refractivity contribution is 0.0600. The number of rotatable bonds is 7. The predicted molar refractivity (Wildman–Crippen MR) is 107 cm³/mol. The van der Waals surface area contributed by atoms with Crippen LogP contribution in [0.5, 0.6) is 0 Å². The van der Waals surface area contributed by atoms with E-state index in [1.165, 1.54) is 13.3 Å². The first kappa shape index (κ1) is 20.0. The molecule has 3 aromatic rings. The molecule has 29 heavy (non-hydrogen) atoms. The monoisotopic (exact) mass is 388 g/mol. The third kappa shape index (κ3) is 5.63. The highest BCUT2D eigenvalue weighted by atomic mass is 16.5. The first-order chi connectivity index (χ1) is 14.2. The van der Waals surface area contributed by atoms with Gasteiger partial charge in [-0.15, -0.1) is 0 Å². The topological polar surface area (TPSA) is 82.3 Å². The van der Waals surface area contributed by atoms with E-state index in [0.29, 0.717) is 36.3 Å². The van der Waals surface area contributed by atoms with Crippen LogP contribution in [-0.4, -0.2) is 28.8 Å². The van der Waals surface area contributed by atoms with Crippen LogP contribution >= 0.6 is 0 Å². The Morgan fingerprint density at radius 1 is 1.07 bits per heavy atom. The Morgan fingerprint density at radius 3 is 2.62 bits per heavy atom. The number of carbonyl (C=O) groups excluding carboxylic acids is 2. The number of nitrogens with zero attached hydrogens (tertiary/aromatic N) is 2. The maximum atomic E-state index is 12.2. The molecule has 0 bridgehead atoms. The van der Waals surface area contributed by atoms with Gasteiger partial charge in [-0.05, 0) is 49.2 Å². The second-order valence-electron chi connectivity index (χ2n) is 6.25. The number of unbranched alkanes of at least 4 members (excludes halogenated alkanes) is 2. The minimum atomic E-state index is -0.368. The van der Waals surface area contributed by atoms with Crippen LogP contribution in [0.2, 0.25) is 0 Å². The van der Waals surface area contributed by atoms with Crippen molar-refractivity contribution in [3.05, 3.63) is 71.9 Å². The van der Waals surface area contributed by atoms with E-state index in [2.05, 4.69) is 26.5 Å². The maximum absolute atomic E-state index is 12.2. The number of methoxy groups -OCH3 is 1. The van der Waals surface area contributed by atoms with E-state index in [1.807, 2.05) is 12.1 Å². The minimum absolute atomic E-state index is 0.113. The Kier molecular flexibility index (Phi) is 6.90.